The van der Waals surface area contributed by atoms with Crippen molar-refractivity contribution in [3.63, 3.8) is 0 Å². The summed E-state index contributed by atoms with van der Waals surface area (Å²) in [5, 5.41) is 10.7. The van der Waals surface area contributed by atoms with Crippen LogP contribution in [0.25, 0.3) is 0 Å². The van der Waals surface area contributed by atoms with Crippen LogP contribution < -0.4 is 0 Å². The second-order valence-electron chi connectivity index (χ2n) is 32.2. The second kappa shape index (κ2) is 78.3. The normalized spacial score (nSPS) is 13.8. The van der Waals surface area contributed by atoms with Crippen molar-refractivity contribution < 1.29 is 80.2 Å². The zero-order chi connectivity index (χ0) is 77.8. The van der Waals surface area contributed by atoms with Gasteiger partial charge in [0.2, 0.25) is 0 Å². The first-order valence-corrected chi connectivity index (χ1v) is 48.0. The largest absolute Gasteiger partial charge is 0.472 e. The molecule has 0 aromatic carbocycles. The lowest BCUT2D eigenvalue weighted by molar-refractivity contribution is -0.161. The fraction of sp³-hybridized carbons (Fsp3) is 0.954. The standard InChI is InChI=1S/C87H170O17P2/c1-7-9-11-13-15-17-19-21-23-25-27-29-30-32-34-36-38-40-46-53-59-65-71-86(91)103-82(75-97-84(89)69-63-57-51-45-39-37-35-33-31-28-26-24-22-20-18-16-14-12-10-8-2)77-101-105(93,94)99-73-81(88)74-100-106(95,96)102-78-83(104-87(92)72-66-60-54-48-42-44-50-56-62-68-80(5)6)76-98-85(90)70-64-58-52-47-41-43-49-55-61-67-79(3)4/h79-83,88H,7-78H2,1-6H3,(H,93,94)(H,95,96)/t81-,82-,83-/m1/s1. The summed E-state index contributed by atoms with van der Waals surface area (Å²) in [4.78, 5) is 73.2. The molecule has 0 aromatic rings. The van der Waals surface area contributed by atoms with Gasteiger partial charge in [0.1, 0.15) is 19.3 Å². The van der Waals surface area contributed by atoms with E-state index in [1.165, 1.54) is 283 Å². The van der Waals surface area contributed by atoms with Crippen LogP contribution in [0, 0.1) is 11.8 Å². The van der Waals surface area contributed by atoms with Crippen molar-refractivity contribution in [2.24, 2.45) is 11.8 Å². The summed E-state index contributed by atoms with van der Waals surface area (Å²) in [5.41, 5.74) is 0. The maximum absolute atomic E-state index is 13.2. The SMILES string of the molecule is CCCCCCCCCCCCCCCCCCCCCCCCC(=O)O[C@H](COC(=O)CCCCCCCCCCCCCCCCCCCCCC)COP(=O)(O)OC[C@@H](O)COP(=O)(O)OC[C@@H](COC(=O)CCCCCCCCCCCC(C)C)OC(=O)CCCCCCCCCCCC(C)C. The van der Waals surface area contributed by atoms with Gasteiger partial charge in [0.25, 0.3) is 0 Å². The van der Waals surface area contributed by atoms with E-state index in [1.807, 2.05) is 0 Å². The Labute approximate surface area is 651 Å². The zero-order valence-corrected chi connectivity index (χ0v) is 71.5. The van der Waals surface area contributed by atoms with Crippen LogP contribution in [0.5, 0.6) is 0 Å². The van der Waals surface area contributed by atoms with Gasteiger partial charge in [-0.3, -0.25) is 37.3 Å². The van der Waals surface area contributed by atoms with Gasteiger partial charge < -0.3 is 33.8 Å². The monoisotopic (exact) mass is 1550 g/mol. The third kappa shape index (κ3) is 80.1. The molecule has 5 atom stereocenters. The highest BCUT2D eigenvalue weighted by Crippen LogP contribution is 2.45. The number of hydrogen-bond acceptors (Lipinski definition) is 15. The maximum atomic E-state index is 13.2. The first-order valence-electron chi connectivity index (χ1n) is 45.0. The van der Waals surface area contributed by atoms with Gasteiger partial charge in [-0.05, 0) is 37.5 Å². The van der Waals surface area contributed by atoms with Gasteiger partial charge in [0, 0.05) is 25.7 Å². The molecule has 0 aliphatic rings. The Morgan fingerprint density at radius 2 is 0.434 bits per heavy atom. The summed E-state index contributed by atoms with van der Waals surface area (Å²) in [6, 6.07) is 0. The minimum atomic E-state index is -4.97. The summed E-state index contributed by atoms with van der Waals surface area (Å²) in [6.45, 7) is 9.62. The number of rotatable bonds is 86. The fourth-order valence-electron chi connectivity index (χ4n) is 13.6. The Balaban J connectivity index is 5.21. The van der Waals surface area contributed by atoms with E-state index in [1.54, 1.807) is 0 Å². The first-order chi connectivity index (χ1) is 51.4. The lowest BCUT2D eigenvalue weighted by Gasteiger charge is -2.21. The van der Waals surface area contributed by atoms with Crippen LogP contribution in [-0.4, -0.2) is 96.7 Å². The molecule has 19 heteroatoms. The van der Waals surface area contributed by atoms with Crippen LogP contribution in [0.4, 0.5) is 0 Å². The van der Waals surface area contributed by atoms with E-state index >= 15 is 0 Å². The highest BCUT2D eigenvalue weighted by Gasteiger charge is 2.30. The van der Waals surface area contributed by atoms with Gasteiger partial charge in [-0.1, -0.05) is 414 Å². The molecule has 630 valence electrons. The summed E-state index contributed by atoms with van der Waals surface area (Å²) in [7, 11) is -9.93. The van der Waals surface area contributed by atoms with Crippen molar-refractivity contribution in [2.45, 2.75) is 484 Å². The van der Waals surface area contributed by atoms with E-state index in [9.17, 15) is 43.2 Å². The van der Waals surface area contributed by atoms with Crippen molar-refractivity contribution in [3.05, 3.63) is 0 Å². The number of hydrogen-bond donors (Lipinski definition) is 3. The fourth-order valence-corrected chi connectivity index (χ4v) is 15.2. The van der Waals surface area contributed by atoms with Crippen LogP contribution in [0.15, 0.2) is 0 Å². The van der Waals surface area contributed by atoms with Crippen LogP contribution in [-0.2, 0) is 65.4 Å². The molecule has 0 radical (unpaired) electrons. The summed E-state index contributed by atoms with van der Waals surface area (Å²) < 4.78 is 68.9. The number of phosphoric ester groups is 2. The molecule has 0 aliphatic carbocycles. The molecule has 0 spiro atoms. The molecule has 0 amide bonds. The van der Waals surface area contributed by atoms with E-state index in [0.29, 0.717) is 25.7 Å². The quantitative estimate of drug-likeness (QED) is 0.0222. The minimum Gasteiger partial charge on any atom is -0.462 e. The molecule has 0 saturated carbocycles. The third-order valence-electron chi connectivity index (χ3n) is 20.5. The van der Waals surface area contributed by atoms with Crippen molar-refractivity contribution in [3.8, 4) is 0 Å². The Bertz CT molecular complexity index is 2030. The predicted molar refractivity (Wildman–Crippen MR) is 437 cm³/mol. The van der Waals surface area contributed by atoms with E-state index in [4.69, 9.17) is 37.0 Å². The average Bonchev–Trinajstić information content (AvgIpc) is 0.903. The number of carbonyl (C=O) groups excluding carboxylic acids is 4. The van der Waals surface area contributed by atoms with Gasteiger partial charge in [-0.25, -0.2) is 9.13 Å². The molecule has 0 rings (SSSR count). The maximum Gasteiger partial charge on any atom is 0.472 e. The smallest absolute Gasteiger partial charge is 0.462 e. The topological polar surface area (TPSA) is 237 Å². The molecule has 3 N–H and O–H groups in total. The van der Waals surface area contributed by atoms with Crippen molar-refractivity contribution >= 4 is 39.5 Å². The van der Waals surface area contributed by atoms with Gasteiger partial charge >= 0.3 is 39.5 Å². The minimum absolute atomic E-state index is 0.105. The molecular weight excluding hydrogens is 1380 g/mol. The molecule has 2 unspecified atom stereocenters. The Morgan fingerprint density at radius 1 is 0.255 bits per heavy atom. The van der Waals surface area contributed by atoms with Crippen LogP contribution in [0.1, 0.15) is 465 Å². The van der Waals surface area contributed by atoms with Crippen molar-refractivity contribution in [1.29, 1.82) is 0 Å². The highest BCUT2D eigenvalue weighted by atomic mass is 31.2. The average molecular weight is 1550 g/mol. The van der Waals surface area contributed by atoms with E-state index in [-0.39, 0.29) is 25.7 Å². The van der Waals surface area contributed by atoms with Crippen LogP contribution >= 0.6 is 15.6 Å². The summed E-state index contributed by atoms with van der Waals surface area (Å²) >= 11 is 0. The molecule has 0 saturated heterocycles. The van der Waals surface area contributed by atoms with Crippen LogP contribution in [0.2, 0.25) is 0 Å². The van der Waals surface area contributed by atoms with Gasteiger partial charge in [0.15, 0.2) is 12.2 Å². The predicted octanol–water partition coefficient (Wildman–Crippen LogP) is 26.6. The number of carbonyl (C=O) groups is 4. The number of aliphatic hydroxyl groups is 1. The van der Waals surface area contributed by atoms with E-state index < -0.39 is 97.5 Å². The number of aliphatic hydroxyl groups excluding tert-OH is 1. The van der Waals surface area contributed by atoms with Gasteiger partial charge in [-0.2, -0.15) is 0 Å². The number of unbranched alkanes of at least 4 members (excludes halogenated alkanes) is 56. The molecule has 0 aliphatic heterocycles. The third-order valence-corrected chi connectivity index (χ3v) is 22.4. The van der Waals surface area contributed by atoms with Crippen LogP contribution in [0.3, 0.4) is 0 Å². The molecule has 0 fully saturated rings. The number of phosphoric acid groups is 2. The highest BCUT2D eigenvalue weighted by molar-refractivity contribution is 7.47. The van der Waals surface area contributed by atoms with Gasteiger partial charge in [-0.15, -0.1) is 0 Å². The summed E-state index contributed by atoms with van der Waals surface area (Å²) in [6.07, 6.45) is 71.1. The molecule has 17 nitrogen and oxygen atoms in total. The molecular formula is C87H170O17P2. The lowest BCUT2D eigenvalue weighted by Crippen LogP contribution is -2.30. The molecule has 0 aromatic heterocycles. The van der Waals surface area contributed by atoms with Crippen molar-refractivity contribution in [2.75, 3.05) is 39.6 Å². The second-order valence-corrected chi connectivity index (χ2v) is 35.1. The summed E-state index contributed by atoms with van der Waals surface area (Å²) in [5.74, 6) is -0.624. The lowest BCUT2D eigenvalue weighted by atomic mass is 10.0. The van der Waals surface area contributed by atoms with Gasteiger partial charge in [0.05, 0.1) is 26.4 Å². The number of esters is 4. The molecule has 0 bridgehead atoms. The molecule has 106 heavy (non-hydrogen) atoms. The first kappa shape index (κ1) is 104. The Hall–Kier alpha value is -1.94. The van der Waals surface area contributed by atoms with E-state index in [0.717, 1.165) is 102 Å². The number of ether oxygens (including phenoxy) is 4. The molecule has 0 heterocycles. The Morgan fingerprint density at radius 3 is 0.642 bits per heavy atom. The Kier molecular flexibility index (Phi) is 76.9. The zero-order valence-electron chi connectivity index (χ0n) is 69.7. The van der Waals surface area contributed by atoms with Crippen molar-refractivity contribution in [1.82, 2.24) is 0 Å². The van der Waals surface area contributed by atoms with E-state index in [2.05, 4.69) is 41.5 Å².